The van der Waals surface area contributed by atoms with E-state index in [0.29, 0.717) is 0 Å². The minimum atomic E-state index is 1.13. The Morgan fingerprint density at radius 1 is 0.643 bits per heavy atom. The second-order valence-electron chi connectivity index (χ2n) is 4.07. The maximum atomic E-state index is 4.43. The molecular formula is C12H18N2. The van der Waals surface area contributed by atoms with E-state index in [4.69, 9.17) is 0 Å². The second-order valence-corrected chi connectivity index (χ2v) is 4.07. The highest BCUT2D eigenvalue weighted by Gasteiger charge is 2.06. The third kappa shape index (κ3) is 2.53. The van der Waals surface area contributed by atoms with Crippen molar-refractivity contribution in [3.05, 3.63) is 23.8 Å². The average Bonchev–Trinajstić information content (AvgIpc) is 2.25. The first-order chi connectivity index (χ1) is 6.97. The molecule has 0 saturated heterocycles. The van der Waals surface area contributed by atoms with Crippen LogP contribution in [0, 0.1) is 0 Å². The monoisotopic (exact) mass is 190 g/mol. The Bertz CT molecular complexity index is 254. The van der Waals surface area contributed by atoms with Gasteiger partial charge in [0.15, 0.2) is 0 Å². The molecule has 2 nitrogen and oxygen atoms in total. The Kier molecular flexibility index (Phi) is 3.50. The highest BCUT2D eigenvalue weighted by atomic mass is 14.8. The van der Waals surface area contributed by atoms with Gasteiger partial charge in [0, 0.05) is 12.4 Å². The Hall–Kier alpha value is -0.920. The molecule has 0 aliphatic heterocycles. The third-order valence-corrected chi connectivity index (χ3v) is 2.94. The van der Waals surface area contributed by atoms with Crippen molar-refractivity contribution < 1.29 is 0 Å². The van der Waals surface area contributed by atoms with Crippen molar-refractivity contribution in [1.29, 1.82) is 0 Å². The fourth-order valence-electron chi connectivity index (χ4n) is 2.11. The van der Waals surface area contributed by atoms with Gasteiger partial charge in [0.2, 0.25) is 0 Å². The molecule has 1 aromatic rings. The quantitative estimate of drug-likeness (QED) is 0.628. The van der Waals surface area contributed by atoms with Crippen molar-refractivity contribution in [3.8, 4) is 0 Å². The van der Waals surface area contributed by atoms with Gasteiger partial charge in [0.25, 0.3) is 0 Å². The van der Waals surface area contributed by atoms with Gasteiger partial charge in [-0.3, -0.25) is 9.97 Å². The number of hydrogen-bond donors (Lipinski definition) is 0. The van der Waals surface area contributed by atoms with E-state index in [0.717, 1.165) is 12.8 Å². The van der Waals surface area contributed by atoms with Gasteiger partial charge >= 0.3 is 0 Å². The molecule has 0 radical (unpaired) electrons. The van der Waals surface area contributed by atoms with Gasteiger partial charge < -0.3 is 0 Å². The van der Waals surface area contributed by atoms with E-state index in [1.54, 1.807) is 0 Å². The summed E-state index contributed by atoms with van der Waals surface area (Å²) >= 11 is 0. The van der Waals surface area contributed by atoms with Gasteiger partial charge in [-0.1, -0.05) is 25.7 Å². The summed E-state index contributed by atoms with van der Waals surface area (Å²) in [7, 11) is 0. The summed E-state index contributed by atoms with van der Waals surface area (Å²) < 4.78 is 0. The van der Waals surface area contributed by atoms with Crippen LogP contribution in [0.3, 0.4) is 0 Å². The molecular weight excluding hydrogens is 172 g/mol. The highest BCUT2D eigenvalue weighted by Crippen LogP contribution is 2.15. The Labute approximate surface area is 85.8 Å². The van der Waals surface area contributed by atoms with Crippen LogP contribution in [-0.2, 0) is 12.8 Å². The lowest BCUT2D eigenvalue weighted by molar-refractivity contribution is 0.571. The zero-order valence-corrected chi connectivity index (χ0v) is 8.71. The SMILES string of the molecule is c1cnc2c(n1)CCCCCCCC2. The van der Waals surface area contributed by atoms with Crippen LogP contribution < -0.4 is 0 Å². The molecule has 0 unspecified atom stereocenters. The molecule has 0 saturated carbocycles. The summed E-state index contributed by atoms with van der Waals surface area (Å²) in [5, 5.41) is 0. The van der Waals surface area contributed by atoms with Gasteiger partial charge in [-0.05, 0) is 25.7 Å². The normalized spacial score (nSPS) is 18.6. The van der Waals surface area contributed by atoms with Crippen molar-refractivity contribution >= 4 is 0 Å². The first kappa shape index (κ1) is 9.63. The van der Waals surface area contributed by atoms with Gasteiger partial charge in [-0.15, -0.1) is 0 Å². The summed E-state index contributed by atoms with van der Waals surface area (Å²) in [5.41, 5.74) is 2.49. The molecule has 2 heteroatoms. The smallest absolute Gasteiger partial charge is 0.0618 e. The number of hydrogen-bond acceptors (Lipinski definition) is 2. The summed E-state index contributed by atoms with van der Waals surface area (Å²) in [5.74, 6) is 0. The predicted molar refractivity (Wildman–Crippen MR) is 57.1 cm³/mol. The Balaban J connectivity index is 2.10. The van der Waals surface area contributed by atoms with Crippen LogP contribution in [0.1, 0.15) is 49.9 Å². The number of rotatable bonds is 0. The predicted octanol–water partition coefficient (Wildman–Crippen LogP) is 2.92. The van der Waals surface area contributed by atoms with Gasteiger partial charge in [-0.2, -0.15) is 0 Å². The standard InChI is InChI=1S/C12H18N2/c1-2-4-6-8-12-11(7-5-3-1)13-9-10-14-12/h9-10H,1-8H2. The fourth-order valence-corrected chi connectivity index (χ4v) is 2.11. The maximum Gasteiger partial charge on any atom is 0.0618 e. The van der Waals surface area contributed by atoms with Crippen LogP contribution in [0.2, 0.25) is 0 Å². The summed E-state index contributed by atoms with van der Waals surface area (Å²) in [4.78, 5) is 8.86. The third-order valence-electron chi connectivity index (χ3n) is 2.94. The maximum absolute atomic E-state index is 4.43. The second kappa shape index (κ2) is 5.08. The molecule has 0 spiro atoms. The minimum Gasteiger partial charge on any atom is -0.258 e. The minimum absolute atomic E-state index is 1.13. The lowest BCUT2D eigenvalue weighted by Gasteiger charge is -2.09. The molecule has 2 rings (SSSR count). The van der Waals surface area contributed by atoms with Crippen molar-refractivity contribution in [2.45, 2.75) is 51.4 Å². The van der Waals surface area contributed by atoms with Crippen LogP contribution >= 0.6 is 0 Å². The van der Waals surface area contributed by atoms with Crippen molar-refractivity contribution in [2.75, 3.05) is 0 Å². The molecule has 0 N–H and O–H groups in total. The van der Waals surface area contributed by atoms with E-state index in [1.807, 2.05) is 12.4 Å². The van der Waals surface area contributed by atoms with Crippen LogP contribution in [0.5, 0.6) is 0 Å². The van der Waals surface area contributed by atoms with E-state index < -0.39 is 0 Å². The first-order valence-electron chi connectivity index (χ1n) is 5.75. The average molecular weight is 190 g/mol. The molecule has 0 atom stereocenters. The molecule has 1 heterocycles. The van der Waals surface area contributed by atoms with Gasteiger partial charge in [0.05, 0.1) is 11.4 Å². The lowest BCUT2D eigenvalue weighted by Crippen LogP contribution is -2.02. The van der Waals surface area contributed by atoms with Gasteiger partial charge in [-0.25, -0.2) is 0 Å². The molecule has 0 aromatic carbocycles. The molecule has 0 bridgehead atoms. The van der Waals surface area contributed by atoms with Crippen molar-refractivity contribution in [3.63, 3.8) is 0 Å². The number of aromatic nitrogens is 2. The number of fused-ring (bicyclic) bond motifs is 1. The van der Waals surface area contributed by atoms with Crippen LogP contribution in [0.15, 0.2) is 12.4 Å². The van der Waals surface area contributed by atoms with Crippen LogP contribution in [0.25, 0.3) is 0 Å². The number of nitrogens with zero attached hydrogens (tertiary/aromatic N) is 2. The zero-order valence-electron chi connectivity index (χ0n) is 8.71. The van der Waals surface area contributed by atoms with E-state index in [1.165, 1.54) is 49.9 Å². The van der Waals surface area contributed by atoms with E-state index >= 15 is 0 Å². The fraction of sp³-hybridized carbons (Fsp3) is 0.667. The highest BCUT2D eigenvalue weighted by molar-refractivity contribution is 5.11. The van der Waals surface area contributed by atoms with E-state index in [-0.39, 0.29) is 0 Å². The summed E-state index contributed by atoms with van der Waals surface area (Å²) in [6.07, 6.45) is 14.0. The molecule has 1 aliphatic rings. The molecule has 1 aliphatic carbocycles. The molecule has 76 valence electrons. The Morgan fingerprint density at radius 3 is 1.57 bits per heavy atom. The lowest BCUT2D eigenvalue weighted by atomic mass is 10.0. The van der Waals surface area contributed by atoms with Crippen molar-refractivity contribution in [1.82, 2.24) is 9.97 Å². The Morgan fingerprint density at radius 2 is 1.07 bits per heavy atom. The topological polar surface area (TPSA) is 25.8 Å². The molecule has 0 fully saturated rings. The first-order valence-corrected chi connectivity index (χ1v) is 5.75. The summed E-state index contributed by atoms with van der Waals surface area (Å²) in [6.45, 7) is 0. The largest absolute Gasteiger partial charge is 0.258 e. The van der Waals surface area contributed by atoms with Crippen LogP contribution in [0.4, 0.5) is 0 Å². The zero-order chi connectivity index (χ0) is 9.64. The van der Waals surface area contributed by atoms with Crippen molar-refractivity contribution in [2.24, 2.45) is 0 Å². The van der Waals surface area contributed by atoms with E-state index in [9.17, 15) is 0 Å². The molecule has 1 aromatic heterocycles. The summed E-state index contributed by atoms with van der Waals surface area (Å²) in [6, 6.07) is 0. The molecule has 14 heavy (non-hydrogen) atoms. The van der Waals surface area contributed by atoms with E-state index in [2.05, 4.69) is 9.97 Å². The van der Waals surface area contributed by atoms with Crippen LogP contribution in [-0.4, -0.2) is 9.97 Å². The number of aryl methyl sites for hydroxylation is 2. The van der Waals surface area contributed by atoms with Gasteiger partial charge in [0.1, 0.15) is 0 Å². The molecule has 0 amide bonds.